The first kappa shape index (κ1) is 15.9. The van der Waals surface area contributed by atoms with Gasteiger partial charge in [0.25, 0.3) is 0 Å². The Morgan fingerprint density at radius 1 is 1.30 bits per heavy atom. The summed E-state index contributed by atoms with van der Waals surface area (Å²) in [6, 6.07) is 2.63. The van der Waals surface area contributed by atoms with Crippen LogP contribution in [0.1, 0.15) is 17.2 Å². The minimum atomic E-state index is -4.68. The Kier molecular flexibility index (Phi) is 5.22. The van der Waals surface area contributed by atoms with E-state index in [0.29, 0.717) is 5.56 Å². The Morgan fingerprint density at radius 2 is 2.05 bits per heavy atom. The molecule has 0 spiro atoms. The van der Waals surface area contributed by atoms with Crippen LogP contribution < -0.4 is 11.3 Å². The number of alkyl halides is 3. The molecule has 1 aliphatic heterocycles. The van der Waals surface area contributed by atoms with Gasteiger partial charge in [0.1, 0.15) is 5.82 Å². The van der Waals surface area contributed by atoms with Crippen molar-refractivity contribution in [2.45, 2.75) is 17.5 Å². The summed E-state index contributed by atoms with van der Waals surface area (Å²) in [5.41, 5.74) is 1.79. The summed E-state index contributed by atoms with van der Waals surface area (Å²) in [6.45, 7) is 0. The second-order valence-corrected chi connectivity index (χ2v) is 6.86. The van der Waals surface area contributed by atoms with Crippen LogP contribution in [0.2, 0.25) is 0 Å². The van der Waals surface area contributed by atoms with Crippen molar-refractivity contribution in [2.75, 3.05) is 17.3 Å². The highest BCUT2D eigenvalue weighted by molar-refractivity contribution is 8.06. The van der Waals surface area contributed by atoms with Gasteiger partial charge < -0.3 is 0 Å². The second-order valence-electron chi connectivity index (χ2n) is 4.37. The summed E-state index contributed by atoms with van der Waals surface area (Å²) in [5, 5.41) is 0.120. The molecular weight excluding hydrogens is 312 g/mol. The maximum absolute atomic E-state index is 13.6. The third-order valence-electron chi connectivity index (χ3n) is 3.05. The maximum atomic E-state index is 13.6. The molecule has 2 unspecified atom stereocenters. The lowest BCUT2D eigenvalue weighted by atomic mass is 10.0. The molecule has 2 rings (SSSR count). The van der Waals surface area contributed by atoms with Crippen LogP contribution in [0, 0.1) is 5.82 Å². The van der Waals surface area contributed by atoms with Crippen LogP contribution in [0.15, 0.2) is 18.2 Å². The number of hydrazine groups is 1. The topological polar surface area (TPSA) is 38.0 Å². The van der Waals surface area contributed by atoms with Crippen LogP contribution in [0.3, 0.4) is 0 Å². The first-order valence-electron chi connectivity index (χ1n) is 5.95. The molecule has 0 bridgehead atoms. The molecule has 8 heteroatoms. The summed E-state index contributed by atoms with van der Waals surface area (Å²) in [7, 11) is 0. The van der Waals surface area contributed by atoms with E-state index in [4.69, 9.17) is 5.84 Å². The van der Waals surface area contributed by atoms with Crippen LogP contribution in [0.4, 0.5) is 17.6 Å². The number of halogens is 4. The maximum Gasteiger partial charge on any atom is 0.419 e. The molecule has 0 aromatic heterocycles. The number of nitrogens with one attached hydrogen (secondary N) is 1. The van der Waals surface area contributed by atoms with Gasteiger partial charge in [-0.2, -0.15) is 36.7 Å². The highest BCUT2D eigenvalue weighted by atomic mass is 32.2. The smallest absolute Gasteiger partial charge is 0.271 e. The molecule has 1 fully saturated rings. The highest BCUT2D eigenvalue weighted by Crippen LogP contribution is 2.36. The average Bonchev–Trinajstić information content (AvgIpc) is 2.39. The zero-order valence-electron chi connectivity index (χ0n) is 10.4. The van der Waals surface area contributed by atoms with Gasteiger partial charge in [-0.3, -0.25) is 11.3 Å². The van der Waals surface area contributed by atoms with E-state index >= 15 is 0 Å². The number of hydrogen-bond acceptors (Lipinski definition) is 4. The van der Waals surface area contributed by atoms with E-state index in [1.54, 1.807) is 23.5 Å². The monoisotopic (exact) mass is 326 g/mol. The Bertz CT molecular complexity index is 461. The summed E-state index contributed by atoms with van der Waals surface area (Å²) >= 11 is 3.46. The van der Waals surface area contributed by atoms with E-state index in [2.05, 4.69) is 5.43 Å². The first-order chi connectivity index (χ1) is 9.43. The molecule has 112 valence electrons. The van der Waals surface area contributed by atoms with Crippen molar-refractivity contribution in [1.29, 1.82) is 0 Å². The number of hydrogen-bond donors (Lipinski definition) is 2. The van der Waals surface area contributed by atoms with Crippen molar-refractivity contribution in [3.05, 3.63) is 35.1 Å². The van der Waals surface area contributed by atoms with E-state index in [0.717, 1.165) is 29.4 Å². The summed E-state index contributed by atoms with van der Waals surface area (Å²) in [6.07, 6.45) is -4.68. The molecule has 0 aliphatic carbocycles. The van der Waals surface area contributed by atoms with E-state index in [1.807, 2.05) is 0 Å². The van der Waals surface area contributed by atoms with Gasteiger partial charge in [0.05, 0.1) is 11.6 Å². The first-order valence-corrected chi connectivity index (χ1v) is 8.16. The van der Waals surface area contributed by atoms with E-state index in [-0.39, 0.29) is 11.3 Å². The van der Waals surface area contributed by atoms with E-state index < -0.39 is 17.6 Å². The van der Waals surface area contributed by atoms with Crippen molar-refractivity contribution in [3.63, 3.8) is 0 Å². The molecule has 20 heavy (non-hydrogen) atoms. The molecule has 1 saturated heterocycles. The third kappa shape index (κ3) is 3.60. The van der Waals surface area contributed by atoms with Gasteiger partial charge >= 0.3 is 6.18 Å². The minimum Gasteiger partial charge on any atom is -0.271 e. The van der Waals surface area contributed by atoms with Gasteiger partial charge in [-0.05, 0) is 17.7 Å². The lowest BCUT2D eigenvalue weighted by molar-refractivity contribution is -0.140. The Balaban J connectivity index is 2.24. The van der Waals surface area contributed by atoms with Gasteiger partial charge in [-0.25, -0.2) is 4.39 Å². The van der Waals surface area contributed by atoms with Gasteiger partial charge in [0.15, 0.2) is 0 Å². The van der Waals surface area contributed by atoms with Crippen LogP contribution in [-0.2, 0) is 6.18 Å². The molecular formula is C12H14F4N2S2. The zero-order chi connectivity index (χ0) is 14.8. The normalized spacial score (nSPS) is 21.8. The van der Waals surface area contributed by atoms with Crippen LogP contribution in [0.5, 0.6) is 0 Å². The van der Waals surface area contributed by atoms with Crippen molar-refractivity contribution >= 4 is 23.5 Å². The molecule has 2 atom stereocenters. The van der Waals surface area contributed by atoms with Crippen LogP contribution >= 0.6 is 23.5 Å². The number of nitrogens with two attached hydrogens (primary N) is 1. The third-order valence-corrected chi connectivity index (χ3v) is 5.91. The fraction of sp³-hybridized carbons (Fsp3) is 0.500. The van der Waals surface area contributed by atoms with Crippen molar-refractivity contribution in [1.82, 2.24) is 5.43 Å². The lowest BCUT2D eigenvalue weighted by Gasteiger charge is -2.29. The largest absolute Gasteiger partial charge is 0.419 e. The minimum absolute atomic E-state index is 0.120. The van der Waals surface area contributed by atoms with E-state index in [9.17, 15) is 17.6 Å². The van der Waals surface area contributed by atoms with Crippen LogP contribution in [0.25, 0.3) is 0 Å². The zero-order valence-corrected chi connectivity index (χ0v) is 12.0. The molecule has 0 radical (unpaired) electrons. The van der Waals surface area contributed by atoms with Gasteiger partial charge in [-0.15, -0.1) is 0 Å². The Morgan fingerprint density at radius 3 is 2.55 bits per heavy atom. The van der Waals surface area contributed by atoms with Gasteiger partial charge in [0, 0.05) is 22.5 Å². The Labute approximate surface area is 122 Å². The predicted molar refractivity (Wildman–Crippen MR) is 75.0 cm³/mol. The van der Waals surface area contributed by atoms with E-state index in [1.165, 1.54) is 6.07 Å². The lowest BCUT2D eigenvalue weighted by Crippen LogP contribution is -2.37. The molecule has 0 amide bonds. The fourth-order valence-corrected chi connectivity index (χ4v) is 4.92. The fourth-order valence-electron chi connectivity index (χ4n) is 2.07. The molecule has 1 aromatic rings. The number of benzene rings is 1. The Hall–Kier alpha value is -0.440. The highest BCUT2D eigenvalue weighted by Gasteiger charge is 2.35. The second kappa shape index (κ2) is 6.55. The summed E-state index contributed by atoms with van der Waals surface area (Å²) in [4.78, 5) is 0. The van der Waals surface area contributed by atoms with Crippen molar-refractivity contribution in [3.8, 4) is 0 Å². The van der Waals surface area contributed by atoms with Crippen LogP contribution in [-0.4, -0.2) is 22.5 Å². The molecule has 1 heterocycles. The van der Waals surface area contributed by atoms with Gasteiger partial charge in [-0.1, -0.05) is 6.07 Å². The SMILES string of the molecule is NNC(c1ccc(C(F)(F)F)c(F)c1)C1CSCCS1. The standard InChI is InChI=1S/C12H14F4N2S2/c13-9-5-7(1-2-8(9)12(14,15)16)11(18-17)10-6-19-3-4-20-10/h1-2,5,10-11,18H,3-4,6,17H2. The molecule has 2 nitrogen and oxygen atoms in total. The predicted octanol–water partition coefficient (Wildman–Crippen LogP) is 3.20. The van der Waals surface area contributed by atoms with Crippen molar-refractivity contribution in [2.24, 2.45) is 5.84 Å². The summed E-state index contributed by atoms with van der Waals surface area (Å²) in [5.74, 6) is 7.06. The molecule has 1 aliphatic rings. The molecule has 3 N–H and O–H groups in total. The van der Waals surface area contributed by atoms with Crippen molar-refractivity contribution < 1.29 is 17.6 Å². The van der Waals surface area contributed by atoms with Gasteiger partial charge in [0.2, 0.25) is 0 Å². The molecule has 0 saturated carbocycles. The number of thioether (sulfide) groups is 2. The quantitative estimate of drug-likeness (QED) is 0.508. The average molecular weight is 326 g/mol. The summed E-state index contributed by atoms with van der Waals surface area (Å²) < 4.78 is 51.2. The molecule has 1 aromatic carbocycles. The number of rotatable bonds is 3.